The molecule has 3 aromatic carbocycles. The molecule has 2 amide bonds. The molecule has 9 heteroatoms. The number of furan rings is 1. The first-order valence-electron chi connectivity index (χ1n) is 11.1. The van der Waals surface area contributed by atoms with Crippen LogP contribution in [0.5, 0.6) is 0 Å². The summed E-state index contributed by atoms with van der Waals surface area (Å²) in [5, 5.41) is 2.93. The van der Waals surface area contributed by atoms with E-state index in [0.717, 1.165) is 10.5 Å². The molecule has 1 aromatic heterocycles. The third-order valence-electron chi connectivity index (χ3n) is 6.33. The monoisotopic (exact) mass is 538 g/mol. The number of anilines is 2. The Labute approximate surface area is 221 Å². The summed E-state index contributed by atoms with van der Waals surface area (Å²) in [6, 6.07) is 23.9. The van der Waals surface area contributed by atoms with Gasteiger partial charge in [-0.25, -0.2) is 9.96 Å². The molecule has 2 saturated heterocycles. The van der Waals surface area contributed by atoms with Crippen LogP contribution in [0.2, 0.25) is 15.1 Å². The molecule has 180 valence electrons. The van der Waals surface area contributed by atoms with Crippen molar-refractivity contribution >= 4 is 58.0 Å². The Hall–Kier alpha value is -3.29. The summed E-state index contributed by atoms with van der Waals surface area (Å²) in [6.45, 7) is 0. The standard InChI is InChI=1S/C27H17Cl3N2O4/c28-16-7-9-17(10-8-16)31-26(33)23-24(32(36-25(23)27(31)34)18-4-2-1-3-5-18)22-13-12-21(35-22)15-6-11-19(29)20(30)14-15/h1-14,23-25H/t23-,24+,25-/m1/s1. The Bertz CT molecular complexity index is 1470. The molecule has 0 aliphatic carbocycles. The normalized spacial score (nSPS) is 21.4. The SMILES string of the molecule is O=C1[C@H]2[C@@H](ON(c3ccccc3)[C@H]2c2ccc(-c3ccc(Cl)c(Cl)c3)o2)C(=O)N1c1ccc(Cl)cc1. The van der Waals surface area contributed by atoms with E-state index in [2.05, 4.69) is 0 Å². The molecule has 6 rings (SSSR count). The predicted molar refractivity (Wildman–Crippen MR) is 138 cm³/mol. The zero-order valence-corrected chi connectivity index (χ0v) is 20.7. The van der Waals surface area contributed by atoms with E-state index in [4.69, 9.17) is 44.1 Å². The Balaban J connectivity index is 1.41. The van der Waals surface area contributed by atoms with Crippen molar-refractivity contribution in [1.29, 1.82) is 0 Å². The van der Waals surface area contributed by atoms with Crippen molar-refractivity contribution in [2.75, 3.05) is 9.96 Å². The lowest BCUT2D eigenvalue weighted by atomic mass is 9.94. The molecule has 2 fully saturated rings. The highest BCUT2D eigenvalue weighted by molar-refractivity contribution is 6.42. The highest BCUT2D eigenvalue weighted by Gasteiger charge is 2.61. The Morgan fingerprint density at radius 2 is 1.47 bits per heavy atom. The van der Waals surface area contributed by atoms with Crippen LogP contribution in [0.3, 0.4) is 0 Å². The molecule has 0 bridgehead atoms. The number of amides is 2. The highest BCUT2D eigenvalue weighted by atomic mass is 35.5. The van der Waals surface area contributed by atoms with Gasteiger partial charge in [0.15, 0.2) is 6.10 Å². The van der Waals surface area contributed by atoms with Gasteiger partial charge < -0.3 is 4.42 Å². The first-order valence-corrected chi connectivity index (χ1v) is 12.3. The van der Waals surface area contributed by atoms with Crippen LogP contribution in [0.25, 0.3) is 11.3 Å². The number of carbonyl (C=O) groups is 2. The van der Waals surface area contributed by atoms with Crippen LogP contribution in [0, 0.1) is 5.92 Å². The quantitative estimate of drug-likeness (QED) is 0.262. The summed E-state index contributed by atoms with van der Waals surface area (Å²) in [5.74, 6) is -0.602. The van der Waals surface area contributed by atoms with Gasteiger partial charge in [-0.2, -0.15) is 0 Å². The Morgan fingerprint density at radius 1 is 0.722 bits per heavy atom. The van der Waals surface area contributed by atoms with Crippen molar-refractivity contribution in [1.82, 2.24) is 0 Å². The summed E-state index contributed by atoms with van der Waals surface area (Å²) in [5.41, 5.74) is 1.87. The van der Waals surface area contributed by atoms with Crippen LogP contribution in [-0.4, -0.2) is 17.9 Å². The molecule has 6 nitrogen and oxygen atoms in total. The van der Waals surface area contributed by atoms with Crippen molar-refractivity contribution in [2.45, 2.75) is 12.1 Å². The van der Waals surface area contributed by atoms with Gasteiger partial charge in [-0.1, -0.05) is 53.0 Å². The smallest absolute Gasteiger partial charge is 0.266 e. The van der Waals surface area contributed by atoms with Gasteiger partial charge in [-0.15, -0.1) is 0 Å². The fraction of sp³-hybridized carbons (Fsp3) is 0.111. The zero-order valence-electron chi connectivity index (χ0n) is 18.5. The maximum Gasteiger partial charge on any atom is 0.266 e. The largest absolute Gasteiger partial charge is 0.459 e. The van der Waals surface area contributed by atoms with E-state index in [1.54, 1.807) is 59.7 Å². The lowest BCUT2D eigenvalue weighted by molar-refractivity contribution is -0.126. The predicted octanol–water partition coefficient (Wildman–Crippen LogP) is 6.96. The van der Waals surface area contributed by atoms with E-state index in [1.165, 1.54) is 0 Å². The topological polar surface area (TPSA) is 63.0 Å². The Morgan fingerprint density at radius 3 is 2.19 bits per heavy atom. The van der Waals surface area contributed by atoms with Gasteiger partial charge in [0.1, 0.15) is 23.5 Å². The third-order valence-corrected chi connectivity index (χ3v) is 7.32. The van der Waals surface area contributed by atoms with Gasteiger partial charge in [0.2, 0.25) is 5.91 Å². The molecular weight excluding hydrogens is 523 g/mol. The van der Waals surface area contributed by atoms with Crippen molar-refractivity contribution in [3.05, 3.63) is 106 Å². The molecule has 0 unspecified atom stereocenters. The molecule has 0 N–H and O–H groups in total. The van der Waals surface area contributed by atoms with Crippen molar-refractivity contribution in [3.63, 3.8) is 0 Å². The lowest BCUT2D eigenvalue weighted by Crippen LogP contribution is -2.37. The average Bonchev–Trinajstić information content (AvgIpc) is 3.58. The third kappa shape index (κ3) is 3.78. The molecule has 4 aromatic rings. The van der Waals surface area contributed by atoms with Crippen LogP contribution in [0.1, 0.15) is 11.8 Å². The summed E-state index contributed by atoms with van der Waals surface area (Å²) >= 11 is 18.3. The van der Waals surface area contributed by atoms with Gasteiger partial charge in [0.25, 0.3) is 5.91 Å². The molecule has 0 radical (unpaired) electrons. The van der Waals surface area contributed by atoms with Crippen molar-refractivity contribution in [2.24, 2.45) is 5.92 Å². The van der Waals surface area contributed by atoms with Gasteiger partial charge in [-0.3, -0.25) is 14.4 Å². The number of nitrogens with zero attached hydrogens (tertiary/aromatic N) is 2. The van der Waals surface area contributed by atoms with Gasteiger partial charge >= 0.3 is 0 Å². The van der Waals surface area contributed by atoms with E-state index in [0.29, 0.717) is 38.0 Å². The number of rotatable bonds is 4. The van der Waals surface area contributed by atoms with E-state index in [1.807, 2.05) is 30.3 Å². The molecule has 0 saturated carbocycles. The van der Waals surface area contributed by atoms with Crippen LogP contribution < -0.4 is 9.96 Å². The van der Waals surface area contributed by atoms with Gasteiger partial charge in [0.05, 0.1) is 21.4 Å². The van der Waals surface area contributed by atoms with Crippen LogP contribution in [-0.2, 0) is 14.4 Å². The number of hydroxylamine groups is 1. The molecule has 2 aliphatic rings. The number of carbonyl (C=O) groups excluding carboxylic acids is 2. The minimum atomic E-state index is -1.00. The summed E-state index contributed by atoms with van der Waals surface area (Å²) in [7, 11) is 0. The molecular formula is C27H17Cl3N2O4. The van der Waals surface area contributed by atoms with Crippen molar-refractivity contribution in [3.8, 4) is 11.3 Å². The number of para-hydroxylation sites is 1. The molecule has 0 spiro atoms. The number of imide groups is 1. The average molecular weight is 540 g/mol. The summed E-state index contributed by atoms with van der Waals surface area (Å²) in [4.78, 5) is 34.4. The van der Waals surface area contributed by atoms with Crippen LogP contribution in [0.4, 0.5) is 11.4 Å². The molecule has 3 heterocycles. The minimum Gasteiger partial charge on any atom is -0.459 e. The Kier molecular flexibility index (Phi) is 5.77. The van der Waals surface area contributed by atoms with E-state index < -0.39 is 24.0 Å². The molecule has 2 aliphatic heterocycles. The number of halogens is 3. The van der Waals surface area contributed by atoms with E-state index in [9.17, 15) is 9.59 Å². The molecule has 3 atom stereocenters. The number of hydrogen-bond donors (Lipinski definition) is 0. The fourth-order valence-corrected chi connectivity index (χ4v) is 5.09. The minimum absolute atomic E-state index is 0.372. The van der Waals surface area contributed by atoms with Gasteiger partial charge in [0, 0.05) is 10.6 Å². The maximum absolute atomic E-state index is 13.7. The van der Waals surface area contributed by atoms with Crippen LogP contribution in [0.15, 0.2) is 89.3 Å². The second kappa shape index (κ2) is 8.98. The maximum atomic E-state index is 13.7. The summed E-state index contributed by atoms with van der Waals surface area (Å²) < 4.78 is 6.23. The highest BCUT2D eigenvalue weighted by Crippen LogP contribution is 2.48. The molecule has 36 heavy (non-hydrogen) atoms. The van der Waals surface area contributed by atoms with Gasteiger partial charge in [-0.05, 0) is 66.7 Å². The number of benzene rings is 3. The van der Waals surface area contributed by atoms with Crippen LogP contribution >= 0.6 is 34.8 Å². The van der Waals surface area contributed by atoms with E-state index in [-0.39, 0.29) is 5.91 Å². The first kappa shape index (κ1) is 23.1. The second-order valence-electron chi connectivity index (χ2n) is 8.48. The first-order chi connectivity index (χ1) is 17.4. The zero-order chi connectivity index (χ0) is 25.0. The number of fused-ring (bicyclic) bond motifs is 1. The summed E-state index contributed by atoms with van der Waals surface area (Å²) in [6.07, 6.45) is -1.00. The lowest BCUT2D eigenvalue weighted by Gasteiger charge is -2.27. The number of hydrogen-bond acceptors (Lipinski definition) is 5. The fourth-order valence-electron chi connectivity index (χ4n) is 4.66. The second-order valence-corrected chi connectivity index (χ2v) is 9.73. The van der Waals surface area contributed by atoms with Crippen molar-refractivity contribution < 1.29 is 18.8 Å². The van der Waals surface area contributed by atoms with E-state index >= 15 is 0 Å².